The summed E-state index contributed by atoms with van der Waals surface area (Å²) < 4.78 is 16.2. The fourth-order valence-electron chi connectivity index (χ4n) is 3.86. The SMILES string of the molecule is Cc1cc(Br)ccc1N1C(=O)NC(=O)/C(=C\c2cc(C)n(-c3ccc(F)c(Cl)c3)c2C)C1=O. The van der Waals surface area contributed by atoms with Crippen molar-refractivity contribution in [3.63, 3.8) is 0 Å². The number of nitrogens with zero attached hydrogens (tertiary/aromatic N) is 2. The molecule has 1 aliphatic rings. The van der Waals surface area contributed by atoms with Gasteiger partial charge in [-0.25, -0.2) is 14.1 Å². The number of carbonyl (C=O) groups is 3. The molecule has 33 heavy (non-hydrogen) atoms. The van der Waals surface area contributed by atoms with Gasteiger partial charge < -0.3 is 4.57 Å². The first-order chi connectivity index (χ1) is 15.6. The largest absolute Gasteiger partial charge is 0.335 e. The Bertz CT molecular complexity index is 1380. The standard InChI is InChI=1S/C24H18BrClFN3O3/c1-12-8-16(25)4-7-21(12)30-23(32)18(22(31)28-24(30)33)10-15-9-13(2)29(14(15)3)17-5-6-20(27)19(26)11-17/h4-11H,1-3H3,(H,28,31,33)/b18-10+. The van der Waals surface area contributed by atoms with Crippen LogP contribution in [0.1, 0.15) is 22.5 Å². The predicted octanol–water partition coefficient (Wildman–Crippen LogP) is 5.62. The monoisotopic (exact) mass is 529 g/mol. The summed E-state index contributed by atoms with van der Waals surface area (Å²) in [4.78, 5) is 39.3. The van der Waals surface area contributed by atoms with Crippen LogP contribution in [0.5, 0.6) is 0 Å². The highest BCUT2D eigenvalue weighted by molar-refractivity contribution is 9.10. The van der Waals surface area contributed by atoms with Crippen LogP contribution in [0.2, 0.25) is 5.02 Å². The molecule has 0 aliphatic carbocycles. The van der Waals surface area contributed by atoms with Crippen LogP contribution in [0.25, 0.3) is 11.8 Å². The molecular weight excluding hydrogens is 513 g/mol. The minimum Gasteiger partial charge on any atom is -0.318 e. The van der Waals surface area contributed by atoms with Crippen LogP contribution in [0.4, 0.5) is 14.9 Å². The molecule has 3 aromatic rings. The fourth-order valence-corrected chi connectivity index (χ4v) is 4.51. The average Bonchev–Trinajstić information content (AvgIpc) is 3.02. The van der Waals surface area contributed by atoms with Crippen LogP contribution in [-0.2, 0) is 9.59 Å². The summed E-state index contributed by atoms with van der Waals surface area (Å²) >= 11 is 9.30. The Morgan fingerprint density at radius 2 is 1.76 bits per heavy atom. The van der Waals surface area contributed by atoms with Crippen molar-refractivity contribution >= 4 is 57.1 Å². The Kier molecular flexibility index (Phi) is 5.99. The molecule has 168 valence electrons. The smallest absolute Gasteiger partial charge is 0.318 e. The number of hydrogen-bond acceptors (Lipinski definition) is 3. The second-order valence-electron chi connectivity index (χ2n) is 7.65. The van der Waals surface area contributed by atoms with Crippen LogP contribution in [0.15, 0.2) is 52.5 Å². The van der Waals surface area contributed by atoms with Gasteiger partial charge in [-0.15, -0.1) is 0 Å². The minimum atomic E-state index is -0.806. The van der Waals surface area contributed by atoms with Gasteiger partial charge in [0.2, 0.25) is 0 Å². The summed E-state index contributed by atoms with van der Waals surface area (Å²) in [7, 11) is 0. The zero-order valence-electron chi connectivity index (χ0n) is 17.9. The van der Waals surface area contributed by atoms with Crippen molar-refractivity contribution in [1.29, 1.82) is 0 Å². The minimum absolute atomic E-state index is 0.0132. The molecule has 0 bridgehead atoms. The van der Waals surface area contributed by atoms with Crippen molar-refractivity contribution in [3.05, 3.63) is 85.9 Å². The first-order valence-electron chi connectivity index (χ1n) is 9.90. The van der Waals surface area contributed by atoms with Crippen LogP contribution in [-0.4, -0.2) is 22.4 Å². The molecule has 4 amide bonds. The number of hydrogen-bond donors (Lipinski definition) is 1. The lowest BCUT2D eigenvalue weighted by Gasteiger charge is -2.27. The number of urea groups is 1. The van der Waals surface area contributed by atoms with Gasteiger partial charge in [-0.05, 0) is 80.4 Å². The number of imide groups is 2. The third-order valence-corrected chi connectivity index (χ3v) is 6.22. The van der Waals surface area contributed by atoms with Crippen molar-refractivity contribution in [2.45, 2.75) is 20.8 Å². The van der Waals surface area contributed by atoms with E-state index in [4.69, 9.17) is 11.6 Å². The molecule has 9 heteroatoms. The van der Waals surface area contributed by atoms with Crippen molar-refractivity contribution in [1.82, 2.24) is 9.88 Å². The van der Waals surface area contributed by atoms with E-state index in [-0.39, 0.29) is 10.6 Å². The number of nitrogens with one attached hydrogen (secondary N) is 1. The Morgan fingerprint density at radius 1 is 1.03 bits per heavy atom. The lowest BCUT2D eigenvalue weighted by Crippen LogP contribution is -2.54. The molecule has 0 atom stereocenters. The first kappa shape index (κ1) is 22.9. The number of rotatable bonds is 3. The van der Waals surface area contributed by atoms with E-state index in [1.807, 2.05) is 18.4 Å². The van der Waals surface area contributed by atoms with Crippen LogP contribution < -0.4 is 10.2 Å². The predicted molar refractivity (Wildman–Crippen MR) is 128 cm³/mol. The molecule has 1 aromatic heterocycles. The van der Waals surface area contributed by atoms with E-state index in [0.29, 0.717) is 28.2 Å². The number of barbiturate groups is 1. The molecule has 2 aromatic carbocycles. The van der Waals surface area contributed by atoms with E-state index in [1.165, 1.54) is 18.2 Å². The van der Waals surface area contributed by atoms with E-state index in [0.717, 1.165) is 15.1 Å². The lowest BCUT2D eigenvalue weighted by atomic mass is 10.1. The van der Waals surface area contributed by atoms with E-state index in [1.54, 1.807) is 37.3 Å². The summed E-state index contributed by atoms with van der Waals surface area (Å²) in [6, 6.07) is 10.5. The zero-order chi connectivity index (χ0) is 24.0. The fraction of sp³-hybridized carbons (Fsp3) is 0.125. The summed E-state index contributed by atoms with van der Waals surface area (Å²) in [5, 5.41) is 2.22. The second kappa shape index (κ2) is 8.61. The van der Waals surface area contributed by atoms with Crippen LogP contribution in [0, 0.1) is 26.6 Å². The van der Waals surface area contributed by atoms with Gasteiger partial charge in [0, 0.05) is 21.5 Å². The average molecular weight is 531 g/mol. The highest BCUT2D eigenvalue weighted by Gasteiger charge is 2.37. The van der Waals surface area contributed by atoms with E-state index >= 15 is 0 Å². The molecule has 0 radical (unpaired) electrons. The Hall–Kier alpha value is -3.23. The summed E-state index contributed by atoms with van der Waals surface area (Å²) in [6.07, 6.45) is 1.45. The maximum absolute atomic E-state index is 13.6. The number of halogens is 3. The molecule has 4 rings (SSSR count). The Labute approximate surface area is 202 Å². The van der Waals surface area contributed by atoms with Gasteiger partial charge in [0.25, 0.3) is 11.8 Å². The van der Waals surface area contributed by atoms with Gasteiger partial charge in [0.05, 0.1) is 10.7 Å². The molecule has 1 saturated heterocycles. The molecule has 0 spiro atoms. The summed E-state index contributed by atoms with van der Waals surface area (Å²) in [5.74, 6) is -2.02. The quantitative estimate of drug-likeness (QED) is 0.353. The number of aryl methyl sites for hydroxylation is 2. The Morgan fingerprint density at radius 3 is 2.42 bits per heavy atom. The van der Waals surface area contributed by atoms with Crippen LogP contribution >= 0.6 is 27.5 Å². The van der Waals surface area contributed by atoms with E-state index < -0.39 is 23.7 Å². The molecule has 6 nitrogen and oxygen atoms in total. The molecule has 1 N–H and O–H groups in total. The van der Waals surface area contributed by atoms with E-state index in [2.05, 4.69) is 21.2 Å². The number of aromatic nitrogens is 1. The number of benzene rings is 2. The second-order valence-corrected chi connectivity index (χ2v) is 8.97. The van der Waals surface area contributed by atoms with Gasteiger partial charge in [0.15, 0.2) is 0 Å². The van der Waals surface area contributed by atoms with Crippen LogP contribution in [0.3, 0.4) is 0 Å². The maximum atomic E-state index is 13.6. The number of carbonyl (C=O) groups excluding carboxylic acids is 3. The molecule has 2 heterocycles. The zero-order valence-corrected chi connectivity index (χ0v) is 20.2. The highest BCUT2D eigenvalue weighted by atomic mass is 79.9. The summed E-state index contributed by atoms with van der Waals surface area (Å²) in [6.45, 7) is 5.42. The normalized spacial score (nSPS) is 15.4. The van der Waals surface area contributed by atoms with Gasteiger partial charge in [-0.1, -0.05) is 27.5 Å². The van der Waals surface area contributed by atoms with Gasteiger partial charge in [-0.2, -0.15) is 0 Å². The molecule has 1 aliphatic heterocycles. The van der Waals surface area contributed by atoms with Gasteiger partial charge in [-0.3, -0.25) is 14.9 Å². The third-order valence-electron chi connectivity index (χ3n) is 5.43. The third kappa shape index (κ3) is 4.12. The lowest BCUT2D eigenvalue weighted by molar-refractivity contribution is -0.122. The Balaban J connectivity index is 1.78. The topological polar surface area (TPSA) is 71.4 Å². The first-order valence-corrected chi connectivity index (χ1v) is 11.1. The van der Waals surface area contributed by atoms with Crippen molar-refractivity contribution in [3.8, 4) is 5.69 Å². The molecular formula is C24H18BrClFN3O3. The van der Waals surface area contributed by atoms with Gasteiger partial charge >= 0.3 is 6.03 Å². The number of amides is 4. The maximum Gasteiger partial charge on any atom is 0.335 e. The van der Waals surface area contributed by atoms with Crippen molar-refractivity contribution < 1.29 is 18.8 Å². The molecule has 0 unspecified atom stereocenters. The van der Waals surface area contributed by atoms with Crippen molar-refractivity contribution in [2.24, 2.45) is 0 Å². The van der Waals surface area contributed by atoms with Crippen molar-refractivity contribution in [2.75, 3.05) is 4.90 Å². The van der Waals surface area contributed by atoms with E-state index in [9.17, 15) is 18.8 Å². The molecule has 1 fully saturated rings. The van der Waals surface area contributed by atoms with Gasteiger partial charge in [0.1, 0.15) is 11.4 Å². The highest BCUT2D eigenvalue weighted by Crippen LogP contribution is 2.29. The summed E-state index contributed by atoms with van der Waals surface area (Å²) in [5.41, 5.74) is 3.65. The number of anilines is 1. The molecule has 0 saturated carbocycles.